The maximum Gasteiger partial charge on any atom is 0.426 e. The molecule has 6 heteroatoms. The van der Waals surface area contributed by atoms with Crippen molar-refractivity contribution in [2.24, 2.45) is 11.8 Å². The number of benzene rings is 2. The topological polar surface area (TPSA) is 18.5 Å². The second-order valence-electron chi connectivity index (χ2n) is 7.67. The number of ether oxygens (including phenoxy) is 2. The van der Waals surface area contributed by atoms with E-state index in [9.17, 15) is 17.6 Å². The maximum absolute atomic E-state index is 14.4. The van der Waals surface area contributed by atoms with Gasteiger partial charge in [0.15, 0.2) is 11.6 Å². The summed E-state index contributed by atoms with van der Waals surface area (Å²) >= 11 is 0. The van der Waals surface area contributed by atoms with Crippen molar-refractivity contribution < 1.29 is 27.0 Å². The first-order chi connectivity index (χ1) is 13.4. The van der Waals surface area contributed by atoms with E-state index in [2.05, 4.69) is 4.74 Å². The monoisotopic (exact) mass is 394 g/mol. The highest BCUT2D eigenvalue weighted by Crippen LogP contribution is 2.41. The number of hydrogen-bond acceptors (Lipinski definition) is 2. The number of halogens is 4. The number of hydrogen-bond donors (Lipinski definition) is 0. The van der Waals surface area contributed by atoms with Gasteiger partial charge in [-0.1, -0.05) is 31.4 Å². The summed E-state index contributed by atoms with van der Waals surface area (Å²) < 4.78 is 65.5. The van der Waals surface area contributed by atoms with Gasteiger partial charge in [-0.2, -0.15) is 8.78 Å². The Balaban J connectivity index is 1.39. The van der Waals surface area contributed by atoms with Crippen LogP contribution in [-0.4, -0.2) is 6.61 Å². The molecular weight excluding hydrogens is 372 g/mol. The fourth-order valence-corrected chi connectivity index (χ4v) is 3.96. The van der Waals surface area contributed by atoms with Crippen molar-refractivity contribution >= 4 is 0 Å². The Morgan fingerprint density at radius 1 is 0.857 bits per heavy atom. The Morgan fingerprint density at radius 3 is 2.18 bits per heavy atom. The lowest BCUT2D eigenvalue weighted by Crippen LogP contribution is -2.30. The van der Waals surface area contributed by atoms with Crippen molar-refractivity contribution in [3.63, 3.8) is 0 Å². The van der Waals surface area contributed by atoms with E-state index in [1.54, 1.807) is 12.1 Å². The third-order valence-electron chi connectivity index (χ3n) is 5.88. The van der Waals surface area contributed by atoms with E-state index in [1.165, 1.54) is 31.4 Å². The molecule has 0 N–H and O–H groups in total. The fourth-order valence-electron chi connectivity index (χ4n) is 3.96. The van der Waals surface area contributed by atoms with E-state index in [0.29, 0.717) is 12.0 Å². The third kappa shape index (κ3) is 4.02. The van der Waals surface area contributed by atoms with Crippen molar-refractivity contribution in [2.45, 2.75) is 44.3 Å². The lowest BCUT2D eigenvalue weighted by molar-refractivity contribution is -0.185. The van der Waals surface area contributed by atoms with E-state index in [-0.39, 0.29) is 11.7 Å². The number of alkyl halides is 2. The lowest BCUT2D eigenvalue weighted by atomic mass is 9.73. The highest BCUT2D eigenvalue weighted by atomic mass is 19.3. The van der Waals surface area contributed by atoms with Gasteiger partial charge >= 0.3 is 6.11 Å². The minimum absolute atomic E-state index is 0.0777. The van der Waals surface area contributed by atoms with Crippen LogP contribution in [0.1, 0.15) is 49.3 Å². The smallest absolute Gasteiger partial charge is 0.426 e. The molecular formula is C22H22F4O2. The van der Waals surface area contributed by atoms with Crippen molar-refractivity contribution in [3.05, 3.63) is 65.2 Å². The van der Waals surface area contributed by atoms with Gasteiger partial charge in [0, 0.05) is 6.07 Å². The molecule has 0 radical (unpaired) electrons. The average molecular weight is 394 g/mol. The van der Waals surface area contributed by atoms with Crippen LogP contribution >= 0.6 is 0 Å². The predicted molar refractivity (Wildman–Crippen MR) is 96.1 cm³/mol. The molecule has 0 bridgehead atoms. The van der Waals surface area contributed by atoms with Crippen LogP contribution in [0.15, 0.2) is 42.5 Å². The van der Waals surface area contributed by atoms with Gasteiger partial charge in [0.1, 0.15) is 5.75 Å². The zero-order valence-corrected chi connectivity index (χ0v) is 15.3. The summed E-state index contributed by atoms with van der Waals surface area (Å²) in [6.45, 7) is 0.729. The Bertz CT molecular complexity index is 810. The third-order valence-corrected chi connectivity index (χ3v) is 5.88. The van der Waals surface area contributed by atoms with Crippen molar-refractivity contribution in [1.29, 1.82) is 0 Å². The Labute approximate surface area is 161 Å². The summed E-state index contributed by atoms with van der Waals surface area (Å²) in [5.41, 5.74) is 0.503. The average Bonchev–Trinajstić information content (AvgIpc) is 2.64. The van der Waals surface area contributed by atoms with Gasteiger partial charge < -0.3 is 9.47 Å². The molecule has 2 nitrogen and oxygen atoms in total. The molecule has 2 aliphatic rings. The summed E-state index contributed by atoms with van der Waals surface area (Å²) in [7, 11) is 0. The second-order valence-corrected chi connectivity index (χ2v) is 7.67. The van der Waals surface area contributed by atoms with Crippen LogP contribution < -0.4 is 4.74 Å². The molecule has 2 aromatic rings. The molecule has 0 spiro atoms. The van der Waals surface area contributed by atoms with E-state index in [0.717, 1.165) is 43.1 Å². The van der Waals surface area contributed by atoms with Gasteiger partial charge in [-0.25, -0.2) is 8.78 Å². The van der Waals surface area contributed by atoms with Crippen LogP contribution in [0, 0.1) is 23.5 Å². The number of rotatable bonds is 5. The molecule has 2 atom stereocenters. The normalized spacial score (nSPS) is 23.3. The van der Waals surface area contributed by atoms with E-state index < -0.39 is 23.5 Å². The van der Waals surface area contributed by atoms with Crippen LogP contribution in [0.2, 0.25) is 0 Å². The second kappa shape index (κ2) is 7.74. The zero-order chi connectivity index (χ0) is 19.7. The Hall–Kier alpha value is -2.08. The molecule has 150 valence electrons. The highest BCUT2D eigenvalue weighted by molar-refractivity contribution is 5.29. The van der Waals surface area contributed by atoms with Gasteiger partial charge in [0.05, 0.1) is 18.3 Å². The van der Waals surface area contributed by atoms with Gasteiger partial charge in [0.2, 0.25) is 0 Å². The van der Waals surface area contributed by atoms with E-state index >= 15 is 0 Å². The van der Waals surface area contributed by atoms with Gasteiger partial charge in [-0.15, -0.1) is 0 Å². The largest absolute Gasteiger partial charge is 0.429 e. The van der Waals surface area contributed by atoms with Crippen LogP contribution in [0.25, 0.3) is 0 Å². The van der Waals surface area contributed by atoms with Gasteiger partial charge in [0.25, 0.3) is 0 Å². The molecule has 2 aromatic carbocycles. The van der Waals surface area contributed by atoms with Gasteiger partial charge in [-0.05, 0) is 54.5 Å². The molecule has 1 saturated carbocycles. The fraction of sp³-hybridized carbons (Fsp3) is 0.455. The standard InChI is InChI=1S/C22H22F4O2/c23-19-10-9-18(12-20(19)24)28-22(25,26)17-7-4-15(5-8-17)21-11-6-16(13-27-21)14-2-1-3-14/h4-5,7-10,12,14,16,21H,1-3,6,11,13H2. The summed E-state index contributed by atoms with van der Waals surface area (Å²) in [5, 5.41) is 0. The first-order valence-electron chi connectivity index (χ1n) is 9.66. The zero-order valence-electron chi connectivity index (χ0n) is 15.3. The van der Waals surface area contributed by atoms with Crippen molar-refractivity contribution in [1.82, 2.24) is 0 Å². The summed E-state index contributed by atoms with van der Waals surface area (Å²) in [5.74, 6) is -1.38. The molecule has 28 heavy (non-hydrogen) atoms. The molecule has 4 rings (SSSR count). The summed E-state index contributed by atoms with van der Waals surface area (Å²) in [6.07, 6.45) is 2.15. The first kappa shape index (κ1) is 19.2. The molecule has 1 aliphatic heterocycles. The molecule has 1 aliphatic carbocycles. The van der Waals surface area contributed by atoms with Gasteiger partial charge in [-0.3, -0.25) is 0 Å². The molecule has 2 unspecified atom stereocenters. The SMILES string of the molecule is Fc1ccc(OC(F)(F)c2ccc(C3CCC(C4CCC4)CO3)cc2)cc1F. The van der Waals surface area contributed by atoms with Crippen LogP contribution in [0.4, 0.5) is 17.6 Å². The van der Waals surface area contributed by atoms with Crippen LogP contribution in [-0.2, 0) is 10.8 Å². The maximum atomic E-state index is 14.4. The molecule has 0 amide bonds. The van der Waals surface area contributed by atoms with E-state index in [1.807, 2.05) is 0 Å². The minimum Gasteiger partial charge on any atom is -0.429 e. The summed E-state index contributed by atoms with van der Waals surface area (Å²) in [4.78, 5) is 0. The first-order valence-corrected chi connectivity index (χ1v) is 9.66. The summed E-state index contributed by atoms with van der Waals surface area (Å²) in [6, 6.07) is 8.13. The van der Waals surface area contributed by atoms with Crippen molar-refractivity contribution in [3.8, 4) is 5.75 Å². The Morgan fingerprint density at radius 2 is 1.61 bits per heavy atom. The van der Waals surface area contributed by atoms with Crippen LogP contribution in [0.3, 0.4) is 0 Å². The quantitative estimate of drug-likeness (QED) is 0.549. The van der Waals surface area contributed by atoms with Crippen molar-refractivity contribution in [2.75, 3.05) is 6.61 Å². The van der Waals surface area contributed by atoms with Crippen LogP contribution in [0.5, 0.6) is 5.75 Å². The highest BCUT2D eigenvalue weighted by Gasteiger charge is 2.36. The minimum atomic E-state index is -3.66. The van der Waals surface area contributed by atoms with E-state index in [4.69, 9.17) is 4.74 Å². The molecule has 1 heterocycles. The molecule has 2 fully saturated rings. The lowest BCUT2D eigenvalue weighted by Gasteiger charge is -2.38. The predicted octanol–water partition coefficient (Wildman–Crippen LogP) is 6.36. The molecule has 0 aromatic heterocycles. The Kier molecular flexibility index (Phi) is 5.32. The molecule has 1 saturated heterocycles.